The van der Waals surface area contributed by atoms with Gasteiger partial charge < -0.3 is 15.1 Å². The molecule has 0 aliphatic carbocycles. The molecule has 0 amide bonds. The van der Waals surface area contributed by atoms with Crippen LogP contribution in [0.15, 0.2) is 17.2 Å². The number of aromatic hydroxyl groups is 2. The van der Waals surface area contributed by atoms with Crippen molar-refractivity contribution in [1.82, 2.24) is 10.3 Å². The van der Waals surface area contributed by atoms with Crippen LogP contribution in [0.2, 0.25) is 0 Å². The van der Waals surface area contributed by atoms with Gasteiger partial charge in [0, 0.05) is 12.1 Å². The maximum Gasteiger partial charge on any atom is 0.173 e. The Bertz CT molecular complexity index is 582. The molecular weight excluding hydrogens is 270 g/mol. The Balaban J connectivity index is 2.51. The zero-order valence-electron chi connectivity index (χ0n) is 12.7. The zero-order valence-corrected chi connectivity index (χ0v) is 12.7. The summed E-state index contributed by atoms with van der Waals surface area (Å²) in [5.74, 6) is 0.602. The number of hydrogen-bond donors (Lipinski definition) is 3. The van der Waals surface area contributed by atoms with Crippen LogP contribution in [0.1, 0.15) is 44.7 Å². The number of nitrogens with one attached hydrogen (secondary N) is 1. The Hall–Kier alpha value is -2.24. The van der Waals surface area contributed by atoms with Gasteiger partial charge in [0.1, 0.15) is 11.5 Å². The lowest BCUT2D eigenvalue weighted by Crippen LogP contribution is -2.45. The van der Waals surface area contributed by atoms with Crippen molar-refractivity contribution >= 4 is 12.1 Å². The van der Waals surface area contributed by atoms with Gasteiger partial charge in [0.15, 0.2) is 18.3 Å². The number of carbonyl (C=O) groups excluding carboxylic acids is 1. The summed E-state index contributed by atoms with van der Waals surface area (Å²) in [6.45, 7) is 7.80. The van der Waals surface area contributed by atoms with Crippen LogP contribution < -0.4 is 5.43 Å². The number of carbonyl (C=O) groups is 1. The maximum atomic E-state index is 11.1. The number of phenolic OH excluding ortho intramolecular Hbond substituents is 2. The Labute approximate surface area is 124 Å². The summed E-state index contributed by atoms with van der Waals surface area (Å²) in [6, 6.07) is 3.07. The molecule has 6 heteroatoms. The number of amidine groups is 1. The molecule has 0 bridgehead atoms. The molecule has 0 saturated carbocycles. The largest absolute Gasteiger partial charge is 0.508 e. The number of rotatable bonds is 4. The molecule has 1 aliphatic heterocycles. The molecule has 0 spiro atoms. The van der Waals surface area contributed by atoms with Gasteiger partial charge in [-0.05, 0) is 31.4 Å². The molecule has 21 heavy (non-hydrogen) atoms. The third-order valence-corrected chi connectivity index (χ3v) is 3.54. The lowest BCUT2D eigenvalue weighted by atomic mass is 9.98. The van der Waals surface area contributed by atoms with Crippen LogP contribution in [0.25, 0.3) is 0 Å². The number of aldehydes is 1. The number of nitrogens with zero attached hydrogens (tertiary/aromatic N) is 2. The van der Waals surface area contributed by atoms with Crippen molar-refractivity contribution < 1.29 is 15.0 Å². The first-order chi connectivity index (χ1) is 9.86. The fourth-order valence-electron chi connectivity index (χ4n) is 2.48. The molecule has 0 saturated heterocycles. The number of phenols is 2. The molecular formula is C15H21N3O3. The minimum Gasteiger partial charge on any atom is -0.508 e. The molecule has 1 aliphatic rings. The average Bonchev–Trinajstić information content (AvgIpc) is 2.82. The van der Waals surface area contributed by atoms with E-state index in [1.165, 1.54) is 6.07 Å². The molecule has 1 atom stereocenters. The lowest BCUT2D eigenvalue weighted by Gasteiger charge is -2.28. The number of hydrogen-bond acceptors (Lipinski definition) is 6. The van der Waals surface area contributed by atoms with Crippen molar-refractivity contribution in [3.8, 4) is 11.5 Å². The van der Waals surface area contributed by atoms with E-state index in [0.717, 1.165) is 11.8 Å². The fraction of sp³-hybridized carbons (Fsp3) is 0.467. The molecule has 1 aromatic carbocycles. The number of hydrazone groups is 1. The summed E-state index contributed by atoms with van der Waals surface area (Å²) in [4.78, 5) is 12.9. The summed E-state index contributed by atoms with van der Waals surface area (Å²) < 4.78 is 0. The van der Waals surface area contributed by atoms with Crippen LogP contribution >= 0.6 is 0 Å². The quantitative estimate of drug-likeness (QED) is 0.736. The van der Waals surface area contributed by atoms with E-state index in [9.17, 15) is 15.0 Å². The van der Waals surface area contributed by atoms with Gasteiger partial charge in [-0.25, -0.2) is 0 Å². The Kier molecular flexibility index (Phi) is 4.06. The molecule has 3 N–H and O–H groups in total. The minimum atomic E-state index is -0.546. The lowest BCUT2D eigenvalue weighted by molar-refractivity contribution is -0.112. The molecule has 1 heterocycles. The van der Waals surface area contributed by atoms with Crippen molar-refractivity contribution in [2.24, 2.45) is 5.10 Å². The van der Waals surface area contributed by atoms with E-state index in [2.05, 4.69) is 10.5 Å². The van der Waals surface area contributed by atoms with E-state index < -0.39 is 6.17 Å². The van der Waals surface area contributed by atoms with E-state index >= 15 is 0 Å². The van der Waals surface area contributed by atoms with Crippen molar-refractivity contribution in [2.45, 2.75) is 45.8 Å². The fourth-order valence-corrected chi connectivity index (χ4v) is 2.48. The molecule has 6 nitrogen and oxygen atoms in total. The van der Waals surface area contributed by atoms with Crippen LogP contribution in [-0.2, 0) is 4.79 Å². The van der Waals surface area contributed by atoms with E-state index in [1.54, 1.807) is 11.0 Å². The molecule has 114 valence electrons. The van der Waals surface area contributed by atoms with Gasteiger partial charge in [0.25, 0.3) is 0 Å². The number of benzene rings is 1. The zero-order chi connectivity index (χ0) is 15.7. The van der Waals surface area contributed by atoms with Gasteiger partial charge in [-0.1, -0.05) is 13.8 Å². The van der Waals surface area contributed by atoms with Crippen molar-refractivity contribution in [3.05, 3.63) is 23.3 Å². The summed E-state index contributed by atoms with van der Waals surface area (Å²) in [5, 5.41) is 24.2. The van der Waals surface area contributed by atoms with Crippen molar-refractivity contribution in [3.63, 3.8) is 0 Å². The Morgan fingerprint density at radius 2 is 1.90 bits per heavy atom. The summed E-state index contributed by atoms with van der Waals surface area (Å²) in [7, 11) is 0. The molecule has 0 aromatic heterocycles. The highest BCUT2D eigenvalue weighted by Gasteiger charge is 2.32. The normalized spacial score (nSPS) is 18.1. The van der Waals surface area contributed by atoms with Gasteiger partial charge in [-0.3, -0.25) is 10.2 Å². The Morgan fingerprint density at radius 3 is 2.43 bits per heavy atom. The predicted molar refractivity (Wildman–Crippen MR) is 80.4 cm³/mol. The standard InChI is InChI=1S/C15H21N3O3/c1-8(2)10-5-11(13(21)6-12(10)20)15-17-16-14(7-19)18(15)9(3)4/h5-9,14,16,20-21H,1-4H3. The van der Waals surface area contributed by atoms with Crippen LogP contribution in [0.5, 0.6) is 11.5 Å². The smallest absolute Gasteiger partial charge is 0.173 e. The third kappa shape index (κ3) is 2.66. The van der Waals surface area contributed by atoms with E-state index in [0.29, 0.717) is 11.4 Å². The molecule has 2 rings (SSSR count). The predicted octanol–water partition coefficient (Wildman–Crippen LogP) is 1.72. The van der Waals surface area contributed by atoms with Crippen molar-refractivity contribution in [1.29, 1.82) is 0 Å². The van der Waals surface area contributed by atoms with Gasteiger partial charge in [-0.15, -0.1) is 0 Å². The van der Waals surface area contributed by atoms with Crippen LogP contribution in [0.3, 0.4) is 0 Å². The van der Waals surface area contributed by atoms with Gasteiger partial charge in [0.2, 0.25) is 0 Å². The first-order valence-electron chi connectivity index (χ1n) is 6.99. The highest BCUT2D eigenvalue weighted by molar-refractivity contribution is 6.03. The van der Waals surface area contributed by atoms with Gasteiger partial charge in [-0.2, -0.15) is 5.10 Å². The van der Waals surface area contributed by atoms with E-state index in [4.69, 9.17) is 0 Å². The summed E-state index contributed by atoms with van der Waals surface area (Å²) >= 11 is 0. The molecule has 1 aromatic rings. The Morgan fingerprint density at radius 1 is 1.24 bits per heavy atom. The topological polar surface area (TPSA) is 85.2 Å². The summed E-state index contributed by atoms with van der Waals surface area (Å²) in [5.41, 5.74) is 3.98. The first kappa shape index (κ1) is 15.2. The first-order valence-corrected chi connectivity index (χ1v) is 6.99. The molecule has 0 fully saturated rings. The third-order valence-electron chi connectivity index (χ3n) is 3.54. The second-order valence-electron chi connectivity index (χ2n) is 5.73. The minimum absolute atomic E-state index is 0.0321. The monoisotopic (exact) mass is 291 g/mol. The highest BCUT2D eigenvalue weighted by Crippen LogP contribution is 2.34. The SMILES string of the molecule is CC(C)c1cc(C2=NNC(C=O)N2C(C)C)c(O)cc1O. The van der Waals surface area contributed by atoms with E-state index in [1.807, 2.05) is 27.7 Å². The van der Waals surface area contributed by atoms with Gasteiger partial charge >= 0.3 is 0 Å². The average molecular weight is 291 g/mol. The molecule has 0 radical (unpaired) electrons. The van der Waals surface area contributed by atoms with Gasteiger partial charge in [0.05, 0.1) is 5.56 Å². The van der Waals surface area contributed by atoms with Crippen LogP contribution in [0.4, 0.5) is 0 Å². The highest BCUT2D eigenvalue weighted by atomic mass is 16.3. The summed E-state index contributed by atoms with van der Waals surface area (Å²) in [6.07, 6.45) is 0.229. The second kappa shape index (κ2) is 5.63. The van der Waals surface area contributed by atoms with Crippen LogP contribution in [0, 0.1) is 0 Å². The van der Waals surface area contributed by atoms with Crippen molar-refractivity contribution in [2.75, 3.05) is 0 Å². The van der Waals surface area contributed by atoms with Crippen LogP contribution in [-0.4, -0.2) is 39.4 Å². The molecule has 1 unspecified atom stereocenters. The maximum absolute atomic E-state index is 11.1. The van der Waals surface area contributed by atoms with E-state index in [-0.39, 0.29) is 23.5 Å². The second-order valence-corrected chi connectivity index (χ2v) is 5.73.